The highest BCUT2D eigenvalue weighted by molar-refractivity contribution is 7.91. The number of rotatable bonds is 3. The van der Waals surface area contributed by atoms with Crippen molar-refractivity contribution in [1.29, 1.82) is 0 Å². The Balaban J connectivity index is 2.08. The van der Waals surface area contributed by atoms with Crippen molar-refractivity contribution < 1.29 is 35.2 Å². The zero-order valence-corrected chi connectivity index (χ0v) is 13.8. The van der Waals surface area contributed by atoms with Gasteiger partial charge >= 0.3 is 12.1 Å². The molecule has 1 heterocycles. The molecule has 142 valence electrons. The van der Waals surface area contributed by atoms with Crippen molar-refractivity contribution >= 4 is 32.5 Å². The molecule has 0 unspecified atom stereocenters. The van der Waals surface area contributed by atoms with E-state index in [1.807, 2.05) is 0 Å². The van der Waals surface area contributed by atoms with Crippen LogP contribution in [0.25, 0.3) is 10.9 Å². The van der Waals surface area contributed by atoms with Crippen LogP contribution in [0.2, 0.25) is 0 Å². The Morgan fingerprint density at radius 1 is 1.00 bits per heavy atom. The van der Waals surface area contributed by atoms with Crippen molar-refractivity contribution in [3.63, 3.8) is 0 Å². The summed E-state index contributed by atoms with van der Waals surface area (Å²) in [4.78, 5) is 9.93. The minimum atomic E-state index is -5.17. The third-order valence-electron chi connectivity index (χ3n) is 3.48. The Bertz CT molecular complexity index is 1130. The lowest BCUT2D eigenvalue weighted by Crippen LogP contribution is -2.30. The maximum atomic E-state index is 13.3. The average Bonchev–Trinajstić information content (AvgIpc) is 2.95. The lowest BCUT2D eigenvalue weighted by molar-refractivity contribution is -0.167. The van der Waals surface area contributed by atoms with Crippen molar-refractivity contribution in [3.8, 4) is 0 Å². The quantitative estimate of drug-likeness (QED) is 0.655. The third kappa shape index (κ3) is 3.60. The first kappa shape index (κ1) is 18.8. The van der Waals surface area contributed by atoms with Gasteiger partial charge in [-0.3, -0.25) is 9.89 Å². The number of nitrogens with zero attached hydrogens (tertiary/aromatic N) is 1. The third-order valence-corrected chi connectivity index (χ3v) is 5.21. The number of anilines is 1. The molecule has 12 heteroatoms. The minimum absolute atomic E-state index is 0.134. The molecule has 0 bridgehead atoms. The number of H-pyrrole nitrogens is 1. The van der Waals surface area contributed by atoms with Crippen LogP contribution in [0.3, 0.4) is 0 Å². The van der Waals surface area contributed by atoms with E-state index < -0.39 is 49.2 Å². The summed E-state index contributed by atoms with van der Waals surface area (Å²) in [6, 6.07) is 4.89. The number of fused-ring (bicyclic) bond motifs is 1. The maximum absolute atomic E-state index is 13.3. The van der Waals surface area contributed by atoms with E-state index in [1.54, 1.807) is 0 Å². The fourth-order valence-corrected chi connectivity index (χ4v) is 3.58. The average molecular weight is 405 g/mol. The Morgan fingerprint density at radius 3 is 2.22 bits per heavy atom. The second-order valence-corrected chi connectivity index (χ2v) is 7.29. The topological polar surface area (TPSA) is 91.9 Å². The Kier molecular flexibility index (Phi) is 4.38. The predicted molar refractivity (Wildman–Crippen MR) is 82.6 cm³/mol. The normalized spacial score (nSPS) is 12.3. The molecule has 27 heavy (non-hydrogen) atoms. The standard InChI is InChI=1S/C15H8F5N3O3S/c16-7-3-8(17)5-10(4-7)27(25,26)9-1-2-12-11(6-9)13(23-22-12)21-14(24)15(18,19)20/h1-6H,(H2,21,22,23,24). The molecular weight excluding hydrogens is 397 g/mol. The van der Waals surface area contributed by atoms with E-state index in [4.69, 9.17) is 0 Å². The molecule has 2 aromatic carbocycles. The number of nitrogens with one attached hydrogen (secondary N) is 2. The van der Waals surface area contributed by atoms with E-state index in [0.29, 0.717) is 18.2 Å². The molecule has 0 fully saturated rings. The number of halogens is 5. The smallest absolute Gasteiger partial charge is 0.301 e. The molecule has 6 nitrogen and oxygen atoms in total. The predicted octanol–water partition coefficient (Wildman–Crippen LogP) is 3.17. The monoisotopic (exact) mass is 405 g/mol. The molecule has 0 saturated carbocycles. The van der Waals surface area contributed by atoms with Crippen LogP contribution in [0.5, 0.6) is 0 Å². The van der Waals surface area contributed by atoms with Crippen molar-refractivity contribution in [1.82, 2.24) is 10.2 Å². The SMILES string of the molecule is O=C(Nc1n[nH]c2ccc(S(=O)(=O)c3cc(F)cc(F)c3)cc12)C(F)(F)F. The van der Waals surface area contributed by atoms with Gasteiger partial charge in [0, 0.05) is 11.5 Å². The van der Waals surface area contributed by atoms with Crippen LogP contribution in [0.4, 0.5) is 27.8 Å². The maximum Gasteiger partial charge on any atom is 0.471 e. The summed E-state index contributed by atoms with van der Waals surface area (Å²) in [7, 11) is -4.38. The van der Waals surface area contributed by atoms with Gasteiger partial charge in [0.1, 0.15) is 11.6 Å². The molecule has 3 rings (SSSR count). The van der Waals surface area contributed by atoms with Gasteiger partial charge in [0.25, 0.3) is 0 Å². The van der Waals surface area contributed by atoms with Gasteiger partial charge in [0.05, 0.1) is 15.3 Å². The van der Waals surface area contributed by atoms with Crippen LogP contribution >= 0.6 is 0 Å². The molecule has 1 aromatic heterocycles. The van der Waals surface area contributed by atoms with Crippen LogP contribution in [-0.4, -0.2) is 30.7 Å². The van der Waals surface area contributed by atoms with Gasteiger partial charge in [0.2, 0.25) is 9.84 Å². The van der Waals surface area contributed by atoms with Gasteiger partial charge in [-0.25, -0.2) is 17.2 Å². The number of alkyl halides is 3. The largest absolute Gasteiger partial charge is 0.471 e. The number of carbonyl (C=O) groups is 1. The molecule has 0 radical (unpaired) electrons. The van der Waals surface area contributed by atoms with Crippen LogP contribution < -0.4 is 5.32 Å². The van der Waals surface area contributed by atoms with Gasteiger partial charge in [-0.05, 0) is 30.3 Å². The van der Waals surface area contributed by atoms with Crippen LogP contribution in [0, 0.1) is 11.6 Å². The summed E-state index contributed by atoms with van der Waals surface area (Å²) in [5.74, 6) is -5.07. The number of benzene rings is 2. The summed E-state index contributed by atoms with van der Waals surface area (Å²) >= 11 is 0. The first-order chi connectivity index (χ1) is 12.5. The van der Waals surface area contributed by atoms with Gasteiger partial charge < -0.3 is 5.32 Å². The molecule has 1 amide bonds. The fraction of sp³-hybridized carbons (Fsp3) is 0.0667. The zero-order chi connectivity index (χ0) is 20.0. The first-order valence-electron chi connectivity index (χ1n) is 7.06. The van der Waals surface area contributed by atoms with Crippen LogP contribution in [0.15, 0.2) is 46.2 Å². The number of carbonyl (C=O) groups excluding carboxylic acids is 1. The fourth-order valence-electron chi connectivity index (χ4n) is 2.25. The van der Waals surface area contributed by atoms with E-state index in [9.17, 15) is 35.2 Å². The summed E-state index contributed by atoms with van der Waals surface area (Å²) < 4.78 is 88.9. The molecule has 0 aliphatic carbocycles. The molecule has 0 spiro atoms. The number of sulfone groups is 1. The summed E-state index contributed by atoms with van der Waals surface area (Å²) in [6.45, 7) is 0. The second kappa shape index (κ2) is 6.30. The number of hydrogen-bond donors (Lipinski definition) is 2. The van der Waals surface area contributed by atoms with Crippen molar-refractivity contribution in [2.24, 2.45) is 0 Å². The summed E-state index contributed by atoms with van der Waals surface area (Å²) in [5, 5.41) is 7.22. The summed E-state index contributed by atoms with van der Waals surface area (Å²) in [6.07, 6.45) is -5.17. The number of hydrogen-bond acceptors (Lipinski definition) is 4. The van der Waals surface area contributed by atoms with Crippen molar-refractivity contribution in [3.05, 3.63) is 48.0 Å². The van der Waals surface area contributed by atoms with E-state index in [1.165, 1.54) is 11.4 Å². The molecule has 2 N–H and O–H groups in total. The molecule has 0 atom stereocenters. The number of aromatic amines is 1. The van der Waals surface area contributed by atoms with Gasteiger partial charge in [-0.15, -0.1) is 0 Å². The number of amides is 1. The molecule has 0 saturated heterocycles. The first-order valence-corrected chi connectivity index (χ1v) is 8.54. The highest BCUT2D eigenvalue weighted by atomic mass is 32.2. The Labute approximate surface area is 147 Å². The van der Waals surface area contributed by atoms with E-state index >= 15 is 0 Å². The van der Waals surface area contributed by atoms with Crippen molar-refractivity contribution in [2.75, 3.05) is 5.32 Å². The molecule has 3 aromatic rings. The van der Waals surface area contributed by atoms with Crippen LogP contribution in [-0.2, 0) is 14.6 Å². The molecular formula is C15H8F5N3O3S. The Morgan fingerprint density at radius 2 is 1.63 bits per heavy atom. The highest BCUT2D eigenvalue weighted by Crippen LogP contribution is 2.29. The summed E-state index contributed by atoms with van der Waals surface area (Å²) in [5.41, 5.74) is 0.136. The minimum Gasteiger partial charge on any atom is -0.301 e. The second-order valence-electron chi connectivity index (χ2n) is 5.34. The lowest BCUT2D eigenvalue weighted by Gasteiger charge is -2.07. The van der Waals surface area contributed by atoms with E-state index in [0.717, 1.165) is 12.1 Å². The van der Waals surface area contributed by atoms with Gasteiger partial charge in [-0.1, -0.05) is 0 Å². The van der Waals surface area contributed by atoms with E-state index in [2.05, 4.69) is 10.2 Å². The Hall–Kier alpha value is -3.02. The lowest BCUT2D eigenvalue weighted by atomic mass is 10.2. The van der Waals surface area contributed by atoms with E-state index in [-0.39, 0.29) is 10.9 Å². The van der Waals surface area contributed by atoms with Crippen LogP contribution in [0.1, 0.15) is 0 Å². The van der Waals surface area contributed by atoms with Gasteiger partial charge in [0.15, 0.2) is 5.82 Å². The van der Waals surface area contributed by atoms with Crippen molar-refractivity contribution in [2.45, 2.75) is 16.0 Å². The zero-order valence-electron chi connectivity index (χ0n) is 12.9. The highest BCUT2D eigenvalue weighted by Gasteiger charge is 2.39. The molecule has 0 aliphatic rings. The van der Waals surface area contributed by atoms with Gasteiger partial charge in [-0.2, -0.15) is 18.3 Å². The number of aromatic nitrogens is 2. The molecule has 0 aliphatic heterocycles.